The molecule has 4 fully saturated rings. The van der Waals surface area contributed by atoms with E-state index < -0.39 is 157 Å². The molecule has 123 heavy (non-hydrogen) atoms. The number of imide groups is 2. The van der Waals surface area contributed by atoms with Crippen LogP contribution in [0.4, 0.5) is 88.6 Å². The molecule has 5 N–H and O–H groups in total. The maximum Gasteiger partial charge on any atom is 0.450 e. The highest BCUT2D eigenvalue weighted by atomic mass is 127. The molecule has 0 spiro atoms. The van der Waals surface area contributed by atoms with E-state index in [1.807, 2.05) is 83.3 Å². The lowest BCUT2D eigenvalue weighted by atomic mass is 9.95. The molecule has 3 unspecified atom stereocenters. The molecule has 2 aromatic carbocycles. The maximum absolute atomic E-state index is 12.9. The van der Waals surface area contributed by atoms with Crippen molar-refractivity contribution in [3.05, 3.63) is 182 Å². The monoisotopic (exact) mass is 1910 g/mol. The van der Waals surface area contributed by atoms with Gasteiger partial charge in [0.15, 0.2) is 17.7 Å². The average Bonchev–Trinajstić information content (AvgIpc) is 1.81. The second-order valence-electron chi connectivity index (χ2n) is 25.2. The number of halogens is 19. The van der Waals surface area contributed by atoms with Crippen molar-refractivity contribution >= 4 is 76.1 Å². The van der Waals surface area contributed by atoms with E-state index in [-0.39, 0.29) is 75.9 Å². The van der Waals surface area contributed by atoms with Crippen LogP contribution in [0.2, 0.25) is 0 Å². The summed E-state index contributed by atoms with van der Waals surface area (Å²) in [6, 6.07) is 18.5. The molecular weight excluding hydrogens is 1810 g/mol. The van der Waals surface area contributed by atoms with Crippen molar-refractivity contribution in [3.63, 3.8) is 0 Å². The van der Waals surface area contributed by atoms with Gasteiger partial charge in [-0.2, -0.15) is 79.0 Å². The van der Waals surface area contributed by atoms with Crippen LogP contribution in [-0.2, 0) is 79.6 Å². The standard InChI is InChI=1S/C20H22F3NO3.C13H15NO3.C9H13F3O3.C9H11F3O2.C7H8F3I.C7H9F3O.C6H7F3O3.C6H10O2.C4H8O2.H2O2/c1-3-7-16(20(21,22)23)11-10-14(2)18(25)24-17(13-27-19(24)26)12-15-8-5-4-6-9-15;1-2-12(15)14-11(9-17-13(14)16)8-10-6-4-3-5-7-10;1-3-5-8(14,9(10,11)12)6-7(13)15-4-2;1-3-5-7(9(10,11)12)6-8(13)14-4-2;2*1-2-3-6(4-5-11)7(8,9)10;1-2-12-5(11)3-4(10)6(7,8)9;1-5(7)6-3-2-4-8-6;5-4-2-1-3-6-4;1-2/h3-6,8-9,11,14,17H,1,7,10,12-13H2,2H3;3-7,11H,2,8-9H2,1H3;3,14H,1,4-6H2,2H3;3,6H,1,4-5H2,2H3;2,4H,1,3,5H2;2,4,11H,1,3,5H2;2-3H2,1H3;6H,2-4H2,1H3;4-5H,1-3H2;1-2H/b16-11+;;;7-6+;2*6-4+;;;;/t14-,17+;11-;;;;;;;;/m01......../s1. The maximum atomic E-state index is 12.9. The lowest BCUT2D eigenvalue weighted by Gasteiger charge is -2.28. The Morgan fingerprint density at radius 3 is 1.30 bits per heavy atom. The van der Waals surface area contributed by atoms with Crippen molar-refractivity contribution in [3.8, 4) is 0 Å². The number of rotatable bonds is 29. The molecular formula is C81H105F18IN2O21. The second kappa shape index (κ2) is 63.8. The Balaban J connectivity index is -0.000000665. The number of cyclic esters (lactones) is 2. The number of hydrogen-bond acceptors (Lipinski definition) is 21. The number of Topliss-reactive ketones (excluding diaryl/α,β-unsaturated/α-hetero) is 2. The fourth-order valence-corrected chi connectivity index (χ4v) is 10.2. The molecule has 0 bridgehead atoms. The largest absolute Gasteiger partial charge is 0.466 e. The highest BCUT2D eigenvalue weighted by Gasteiger charge is 2.54. The van der Waals surface area contributed by atoms with Crippen LogP contribution in [-0.4, -0.2) is 214 Å². The number of ketones is 2. The number of carbonyl (C=O) groups excluding carboxylic acids is 9. The number of hydrogen-bond donors (Lipinski definition) is 5. The molecule has 6 atom stereocenters. The summed E-state index contributed by atoms with van der Waals surface area (Å²) >= 11 is 1.87. The van der Waals surface area contributed by atoms with E-state index in [4.69, 9.17) is 39.7 Å². The van der Waals surface area contributed by atoms with Gasteiger partial charge >= 0.3 is 67.2 Å². The summed E-state index contributed by atoms with van der Waals surface area (Å²) in [6.45, 7) is 26.5. The smallest absolute Gasteiger partial charge is 0.450 e. The Morgan fingerprint density at radius 1 is 0.561 bits per heavy atom. The third kappa shape index (κ3) is 53.7. The van der Waals surface area contributed by atoms with Gasteiger partial charge in [0.25, 0.3) is 0 Å². The SMILES string of the molecule is C=CC/C(=C\C(=O)OCC)C(F)(F)F.C=CC/C(=C\CI)C(F)(F)F.C=CC/C(=C\CO)C(F)(F)F.C=CC/C(=C\C[C@H](C)C(=O)N1C(=O)OC[C@H]1Cc1ccccc1)C(F)(F)F.C=CCC(O)(CC(=O)OCC)C(F)(F)F.CC(=O)C1CCCO1.CCC(=O)N1C(=O)OC[C@H]1Cc1ccccc1.CCOC(=O)CC(=O)C(F)(F)F.OC1CCCO1.OO. The van der Waals surface area contributed by atoms with Crippen LogP contribution in [0.15, 0.2) is 171 Å². The van der Waals surface area contributed by atoms with E-state index >= 15 is 0 Å². The van der Waals surface area contributed by atoms with Gasteiger partial charge in [-0.1, -0.05) is 146 Å². The Kier molecular flexibility index (Phi) is 62.3. The summed E-state index contributed by atoms with van der Waals surface area (Å²) in [7, 11) is 0. The first kappa shape index (κ1) is 120. The van der Waals surface area contributed by atoms with E-state index in [1.54, 1.807) is 13.8 Å². The number of alkyl halides is 19. The Bertz CT molecular complexity index is 3590. The number of carbonyl (C=O) groups is 9. The number of esters is 3. The lowest BCUT2D eigenvalue weighted by Crippen LogP contribution is -2.46. The molecule has 4 amide bonds. The summed E-state index contributed by atoms with van der Waals surface area (Å²) in [5, 5.41) is 38.0. The topological polar surface area (TPSA) is 326 Å². The minimum atomic E-state index is -4.95. The Morgan fingerprint density at radius 2 is 0.967 bits per heavy atom. The molecule has 0 saturated carbocycles. The van der Waals surface area contributed by atoms with Crippen LogP contribution >= 0.6 is 22.6 Å². The number of allylic oxidation sites excluding steroid dienone is 10. The fraction of sp³-hybridized carbons (Fsp3) is 0.519. The van der Waals surface area contributed by atoms with Crippen molar-refractivity contribution in [1.82, 2.24) is 9.80 Å². The van der Waals surface area contributed by atoms with E-state index in [0.717, 1.165) is 85.3 Å². The van der Waals surface area contributed by atoms with Crippen LogP contribution in [0.3, 0.4) is 0 Å². The van der Waals surface area contributed by atoms with Gasteiger partial charge in [0.05, 0.1) is 44.9 Å². The number of ether oxygens (including phenoxy) is 7. The molecule has 0 radical (unpaired) electrons. The van der Waals surface area contributed by atoms with E-state index in [1.165, 1.54) is 50.8 Å². The fourth-order valence-electron chi connectivity index (χ4n) is 9.63. The van der Waals surface area contributed by atoms with Crippen LogP contribution in [0.25, 0.3) is 0 Å². The number of amides is 4. The minimum Gasteiger partial charge on any atom is -0.466 e. The van der Waals surface area contributed by atoms with Gasteiger partial charge < -0.3 is 48.5 Å². The number of aliphatic hydroxyl groups excluding tert-OH is 2. The molecule has 0 aliphatic carbocycles. The number of benzene rings is 2. The second-order valence-corrected chi connectivity index (χ2v) is 26.1. The first-order chi connectivity index (χ1) is 57.2. The zero-order valence-corrected chi connectivity index (χ0v) is 70.4. The normalized spacial score (nSPS) is 17.2. The third-order valence-corrected chi connectivity index (χ3v) is 16.1. The molecule has 23 nitrogen and oxygen atoms in total. The van der Waals surface area contributed by atoms with Crippen molar-refractivity contribution in [2.45, 2.75) is 205 Å². The highest BCUT2D eigenvalue weighted by Crippen LogP contribution is 2.37. The first-order valence-electron chi connectivity index (χ1n) is 37.1. The summed E-state index contributed by atoms with van der Waals surface area (Å²) in [5.41, 5.74) is -4.01. The van der Waals surface area contributed by atoms with Gasteiger partial charge in [-0.25, -0.2) is 24.2 Å². The average molecular weight is 1910 g/mol. The minimum absolute atomic E-state index is 0.0269. The first-order valence-corrected chi connectivity index (χ1v) is 38.6. The van der Waals surface area contributed by atoms with Crippen LogP contribution in [0, 0.1) is 5.92 Å². The zero-order valence-electron chi connectivity index (χ0n) is 68.2. The van der Waals surface area contributed by atoms with Crippen molar-refractivity contribution in [1.29, 1.82) is 0 Å². The van der Waals surface area contributed by atoms with Crippen molar-refractivity contribution in [2.24, 2.45) is 5.92 Å². The van der Waals surface area contributed by atoms with Gasteiger partial charge in [0.2, 0.25) is 17.6 Å². The summed E-state index contributed by atoms with van der Waals surface area (Å²) in [6.07, 6.45) is -19.3. The van der Waals surface area contributed by atoms with Gasteiger partial charge in [0.1, 0.15) is 25.7 Å². The predicted molar refractivity (Wildman–Crippen MR) is 422 cm³/mol. The molecule has 4 saturated heterocycles. The molecule has 4 aliphatic heterocycles. The van der Waals surface area contributed by atoms with Gasteiger partial charge in [0, 0.05) is 71.2 Å². The zero-order chi connectivity index (χ0) is 95.6. The van der Waals surface area contributed by atoms with Crippen LogP contribution in [0.5, 0.6) is 0 Å². The Hall–Kier alpha value is -9.08. The van der Waals surface area contributed by atoms with Gasteiger partial charge in [-0.15, -0.1) is 32.9 Å². The van der Waals surface area contributed by atoms with Crippen LogP contribution < -0.4 is 0 Å². The lowest BCUT2D eigenvalue weighted by molar-refractivity contribution is -0.261. The highest BCUT2D eigenvalue weighted by molar-refractivity contribution is 14.1. The number of nitrogens with zero attached hydrogens (tertiary/aromatic N) is 2. The van der Waals surface area contributed by atoms with Crippen molar-refractivity contribution in [2.75, 3.05) is 57.3 Å². The summed E-state index contributed by atoms with van der Waals surface area (Å²) in [4.78, 5) is 103. The predicted octanol–water partition coefficient (Wildman–Crippen LogP) is 18.6. The Labute approximate surface area is 713 Å². The quantitative estimate of drug-likeness (QED) is 0.00483. The molecule has 698 valence electrons. The molecule has 42 heteroatoms. The number of aliphatic hydroxyl groups is 3. The molecule has 4 heterocycles. The van der Waals surface area contributed by atoms with Gasteiger partial charge in [-0.05, 0) is 103 Å². The molecule has 2 aromatic rings. The molecule has 4 aliphatic rings. The van der Waals surface area contributed by atoms with E-state index in [2.05, 4.69) is 47.1 Å². The van der Waals surface area contributed by atoms with Crippen LogP contribution in [0.1, 0.15) is 136 Å². The van der Waals surface area contributed by atoms with E-state index in [9.17, 15) is 127 Å². The third-order valence-electron chi connectivity index (χ3n) is 15.6. The molecule has 0 aromatic heterocycles. The molecule has 6 rings (SSSR count). The van der Waals surface area contributed by atoms with Gasteiger partial charge in [-0.3, -0.25) is 39.3 Å². The summed E-state index contributed by atoms with van der Waals surface area (Å²) < 4.78 is 251. The van der Waals surface area contributed by atoms with Crippen molar-refractivity contribution < 1.29 is 181 Å². The van der Waals surface area contributed by atoms with E-state index in [0.29, 0.717) is 36.4 Å². The summed E-state index contributed by atoms with van der Waals surface area (Å²) in [5.74, 6) is -6.62.